The maximum absolute atomic E-state index is 3.76. The molecule has 0 aromatic carbocycles. The molecule has 2 unspecified atom stereocenters. The van der Waals surface area contributed by atoms with Crippen LogP contribution in [0.2, 0.25) is 0 Å². The quantitative estimate of drug-likeness (QED) is 0.824. The van der Waals surface area contributed by atoms with Gasteiger partial charge in [-0.3, -0.25) is 4.90 Å². The van der Waals surface area contributed by atoms with Crippen LogP contribution in [0.4, 0.5) is 0 Å². The summed E-state index contributed by atoms with van der Waals surface area (Å²) in [7, 11) is 0. The minimum absolute atomic E-state index is 0.460. The van der Waals surface area contributed by atoms with E-state index < -0.39 is 0 Å². The molecule has 1 heterocycles. The van der Waals surface area contributed by atoms with Gasteiger partial charge in [-0.05, 0) is 37.8 Å². The molecule has 0 spiro atoms. The van der Waals surface area contributed by atoms with Crippen LogP contribution in [0.15, 0.2) is 0 Å². The van der Waals surface area contributed by atoms with Gasteiger partial charge in [0, 0.05) is 38.3 Å². The number of hydrogen-bond acceptors (Lipinski definition) is 3. The first-order chi connectivity index (χ1) is 9.08. The van der Waals surface area contributed by atoms with Crippen molar-refractivity contribution in [3.8, 4) is 0 Å². The van der Waals surface area contributed by atoms with Crippen LogP contribution in [-0.2, 0) is 0 Å². The van der Waals surface area contributed by atoms with E-state index in [1.807, 2.05) is 0 Å². The predicted molar refractivity (Wildman–Crippen MR) is 82.6 cm³/mol. The van der Waals surface area contributed by atoms with Gasteiger partial charge in [0.15, 0.2) is 0 Å². The van der Waals surface area contributed by atoms with Crippen LogP contribution in [0.25, 0.3) is 0 Å². The Bertz CT molecular complexity index is 269. The standard InChI is InChI=1S/C16H33N3/c1-5-9-18-10-12-19(13-11-18)14-7-8-16(3,4)15(14)17-6-2/h14-15,17H,5-13H2,1-4H3. The fourth-order valence-electron chi connectivity index (χ4n) is 4.02. The van der Waals surface area contributed by atoms with Gasteiger partial charge in [-0.15, -0.1) is 0 Å². The third-order valence-corrected chi connectivity index (χ3v) is 5.15. The van der Waals surface area contributed by atoms with E-state index in [-0.39, 0.29) is 0 Å². The Hall–Kier alpha value is -0.120. The lowest BCUT2D eigenvalue weighted by atomic mass is 9.86. The van der Waals surface area contributed by atoms with Crippen molar-refractivity contribution in [2.75, 3.05) is 39.3 Å². The van der Waals surface area contributed by atoms with E-state index in [0.717, 1.165) is 12.6 Å². The number of nitrogens with one attached hydrogen (secondary N) is 1. The Balaban J connectivity index is 1.91. The number of piperazine rings is 1. The van der Waals surface area contributed by atoms with E-state index in [4.69, 9.17) is 0 Å². The molecule has 3 nitrogen and oxygen atoms in total. The lowest BCUT2D eigenvalue weighted by Crippen LogP contribution is -2.57. The Kier molecular flexibility index (Phi) is 5.27. The highest BCUT2D eigenvalue weighted by molar-refractivity contribution is 5.01. The zero-order chi connectivity index (χ0) is 13.9. The topological polar surface area (TPSA) is 18.5 Å². The second-order valence-corrected chi connectivity index (χ2v) is 7.01. The van der Waals surface area contributed by atoms with Crippen LogP contribution in [0.5, 0.6) is 0 Å². The molecule has 0 aromatic heterocycles. The fourth-order valence-corrected chi connectivity index (χ4v) is 4.02. The molecule has 2 rings (SSSR count). The highest BCUT2D eigenvalue weighted by atomic mass is 15.3. The van der Waals surface area contributed by atoms with E-state index >= 15 is 0 Å². The zero-order valence-electron chi connectivity index (χ0n) is 13.4. The smallest absolute Gasteiger partial charge is 0.0274 e. The molecule has 2 atom stereocenters. The number of hydrogen-bond donors (Lipinski definition) is 1. The van der Waals surface area contributed by atoms with E-state index in [9.17, 15) is 0 Å². The van der Waals surface area contributed by atoms with Gasteiger partial charge >= 0.3 is 0 Å². The Morgan fingerprint density at radius 1 is 1.11 bits per heavy atom. The average Bonchev–Trinajstić information content (AvgIpc) is 2.68. The molecule has 3 heteroatoms. The van der Waals surface area contributed by atoms with Crippen molar-refractivity contribution in [2.45, 2.75) is 59.0 Å². The van der Waals surface area contributed by atoms with Crippen molar-refractivity contribution in [1.82, 2.24) is 15.1 Å². The summed E-state index contributed by atoms with van der Waals surface area (Å²) in [6.45, 7) is 16.8. The van der Waals surface area contributed by atoms with Crippen molar-refractivity contribution in [1.29, 1.82) is 0 Å². The summed E-state index contributed by atoms with van der Waals surface area (Å²) >= 11 is 0. The van der Waals surface area contributed by atoms with Crippen LogP contribution >= 0.6 is 0 Å². The van der Waals surface area contributed by atoms with Gasteiger partial charge in [-0.25, -0.2) is 0 Å². The van der Waals surface area contributed by atoms with Crippen molar-refractivity contribution in [3.63, 3.8) is 0 Å². The van der Waals surface area contributed by atoms with E-state index in [2.05, 4.69) is 42.8 Å². The third-order valence-electron chi connectivity index (χ3n) is 5.15. The molecule has 2 aliphatic rings. The monoisotopic (exact) mass is 267 g/mol. The Morgan fingerprint density at radius 3 is 2.37 bits per heavy atom. The van der Waals surface area contributed by atoms with Gasteiger partial charge < -0.3 is 10.2 Å². The molecule has 112 valence electrons. The van der Waals surface area contributed by atoms with Gasteiger partial charge in [-0.2, -0.15) is 0 Å². The zero-order valence-corrected chi connectivity index (χ0v) is 13.4. The molecule has 1 aliphatic carbocycles. The molecular weight excluding hydrogens is 234 g/mol. The molecule has 1 aliphatic heterocycles. The third kappa shape index (κ3) is 3.50. The number of rotatable bonds is 5. The molecular formula is C16H33N3. The van der Waals surface area contributed by atoms with E-state index in [1.54, 1.807) is 0 Å². The van der Waals surface area contributed by atoms with Crippen LogP contribution in [0, 0.1) is 5.41 Å². The summed E-state index contributed by atoms with van der Waals surface area (Å²) < 4.78 is 0. The van der Waals surface area contributed by atoms with Crippen molar-refractivity contribution in [3.05, 3.63) is 0 Å². The predicted octanol–water partition coefficient (Wildman–Crippen LogP) is 2.18. The van der Waals surface area contributed by atoms with Crippen molar-refractivity contribution >= 4 is 0 Å². The van der Waals surface area contributed by atoms with E-state index in [1.165, 1.54) is 52.0 Å². The first kappa shape index (κ1) is 15.3. The summed E-state index contributed by atoms with van der Waals surface area (Å²) in [5.41, 5.74) is 0.460. The second kappa shape index (κ2) is 6.55. The largest absolute Gasteiger partial charge is 0.312 e. The Labute approximate surface area is 119 Å². The molecule has 1 saturated carbocycles. The fraction of sp³-hybridized carbons (Fsp3) is 1.00. The first-order valence-electron chi connectivity index (χ1n) is 8.28. The van der Waals surface area contributed by atoms with Gasteiger partial charge in [-0.1, -0.05) is 27.7 Å². The van der Waals surface area contributed by atoms with Crippen molar-refractivity contribution in [2.24, 2.45) is 5.41 Å². The molecule has 1 saturated heterocycles. The highest BCUT2D eigenvalue weighted by Gasteiger charge is 2.44. The van der Waals surface area contributed by atoms with E-state index in [0.29, 0.717) is 11.5 Å². The minimum Gasteiger partial charge on any atom is -0.312 e. The summed E-state index contributed by atoms with van der Waals surface area (Å²) in [6.07, 6.45) is 4.03. The minimum atomic E-state index is 0.460. The van der Waals surface area contributed by atoms with Gasteiger partial charge in [0.25, 0.3) is 0 Å². The first-order valence-corrected chi connectivity index (χ1v) is 8.28. The normalized spacial score (nSPS) is 32.8. The summed E-state index contributed by atoms with van der Waals surface area (Å²) in [5.74, 6) is 0. The molecule has 19 heavy (non-hydrogen) atoms. The lowest BCUT2D eigenvalue weighted by molar-refractivity contribution is 0.0767. The maximum atomic E-state index is 3.76. The van der Waals surface area contributed by atoms with Gasteiger partial charge in [0.1, 0.15) is 0 Å². The van der Waals surface area contributed by atoms with Gasteiger partial charge in [0.05, 0.1) is 0 Å². The molecule has 0 amide bonds. The lowest BCUT2D eigenvalue weighted by Gasteiger charge is -2.42. The number of likely N-dealkylation sites (N-methyl/N-ethyl adjacent to an activating group) is 1. The van der Waals surface area contributed by atoms with Crippen molar-refractivity contribution < 1.29 is 0 Å². The van der Waals surface area contributed by atoms with Crippen LogP contribution < -0.4 is 5.32 Å². The average molecular weight is 267 g/mol. The Morgan fingerprint density at radius 2 is 1.79 bits per heavy atom. The SMILES string of the molecule is CCCN1CCN(C2CCC(C)(C)C2NCC)CC1. The van der Waals surface area contributed by atoms with Crippen LogP contribution in [0.3, 0.4) is 0 Å². The molecule has 2 fully saturated rings. The summed E-state index contributed by atoms with van der Waals surface area (Å²) in [5, 5.41) is 3.76. The molecule has 0 bridgehead atoms. The molecule has 0 aromatic rings. The van der Waals surface area contributed by atoms with Crippen LogP contribution in [0.1, 0.15) is 47.0 Å². The molecule has 1 N–H and O–H groups in total. The van der Waals surface area contributed by atoms with Crippen LogP contribution in [-0.4, -0.2) is 61.2 Å². The summed E-state index contributed by atoms with van der Waals surface area (Å²) in [6, 6.07) is 1.44. The number of nitrogens with zero attached hydrogens (tertiary/aromatic N) is 2. The van der Waals surface area contributed by atoms with Gasteiger partial charge in [0.2, 0.25) is 0 Å². The maximum Gasteiger partial charge on any atom is 0.0274 e. The highest BCUT2D eigenvalue weighted by Crippen LogP contribution is 2.40. The molecule has 0 radical (unpaired) electrons. The summed E-state index contributed by atoms with van der Waals surface area (Å²) in [4.78, 5) is 5.38. The second-order valence-electron chi connectivity index (χ2n) is 7.01.